The van der Waals surface area contributed by atoms with Crippen molar-refractivity contribution in [2.75, 3.05) is 20.2 Å². The molecule has 0 saturated carbocycles. The zero-order chi connectivity index (χ0) is 11.9. The summed E-state index contributed by atoms with van der Waals surface area (Å²) in [6, 6.07) is 0. The minimum absolute atomic E-state index is 0.387. The van der Waals surface area contributed by atoms with E-state index in [0.717, 1.165) is 7.11 Å². The Kier molecular flexibility index (Phi) is 2.64. The molecule has 0 aromatic rings. The number of alkyl halides is 3. The molecule has 0 radical (unpaired) electrons. The molecule has 0 unspecified atom stereocenters. The first-order chi connectivity index (χ1) is 6.73. The highest BCUT2D eigenvalue weighted by atomic mass is 19.4. The molecule has 0 spiro atoms. The van der Waals surface area contributed by atoms with Crippen molar-refractivity contribution in [1.29, 1.82) is 0 Å². The Hall–Kier alpha value is -1.31. The van der Waals surface area contributed by atoms with E-state index >= 15 is 0 Å². The third-order valence-electron chi connectivity index (χ3n) is 2.20. The molecule has 5 nitrogen and oxygen atoms in total. The number of carbonyl (C=O) groups excluding carboxylic acids is 1. The first-order valence-electron chi connectivity index (χ1n) is 3.87. The molecule has 0 atom stereocenters. The number of aliphatic carboxylic acids is 1. The van der Waals surface area contributed by atoms with Gasteiger partial charge in [-0.2, -0.15) is 13.2 Å². The number of ether oxygens (including phenoxy) is 1. The Bertz CT molecular complexity index is 295. The van der Waals surface area contributed by atoms with Crippen molar-refractivity contribution in [2.24, 2.45) is 0 Å². The first kappa shape index (κ1) is 11.8. The second-order valence-corrected chi connectivity index (χ2v) is 3.16. The monoisotopic (exact) mass is 227 g/mol. The minimum atomic E-state index is -4.97. The molecule has 86 valence electrons. The van der Waals surface area contributed by atoms with Crippen molar-refractivity contribution in [3.63, 3.8) is 0 Å². The van der Waals surface area contributed by atoms with Crippen molar-refractivity contribution in [1.82, 2.24) is 4.90 Å². The van der Waals surface area contributed by atoms with Crippen LogP contribution in [0, 0.1) is 0 Å². The van der Waals surface area contributed by atoms with Gasteiger partial charge in [-0.25, -0.2) is 4.79 Å². The van der Waals surface area contributed by atoms with Gasteiger partial charge in [0.25, 0.3) is 0 Å². The Morgan fingerprint density at radius 3 is 2.13 bits per heavy atom. The molecular formula is C7H8F3NO4. The highest BCUT2D eigenvalue weighted by Crippen LogP contribution is 2.29. The van der Waals surface area contributed by atoms with Gasteiger partial charge in [0, 0.05) is 7.11 Å². The van der Waals surface area contributed by atoms with Crippen molar-refractivity contribution in [3.8, 4) is 0 Å². The second kappa shape index (κ2) is 3.37. The van der Waals surface area contributed by atoms with Gasteiger partial charge in [-0.1, -0.05) is 0 Å². The van der Waals surface area contributed by atoms with Crippen LogP contribution in [-0.2, 0) is 14.3 Å². The molecule has 0 aromatic carbocycles. The van der Waals surface area contributed by atoms with E-state index in [2.05, 4.69) is 4.74 Å². The Balaban J connectivity index is 2.64. The number of carboxylic acid groups (broad SMARTS) is 1. The summed E-state index contributed by atoms with van der Waals surface area (Å²) < 4.78 is 40.3. The van der Waals surface area contributed by atoms with Crippen LogP contribution in [0.4, 0.5) is 13.2 Å². The topological polar surface area (TPSA) is 66.8 Å². The molecule has 1 fully saturated rings. The molecule has 8 heteroatoms. The maximum absolute atomic E-state index is 11.9. The quantitative estimate of drug-likeness (QED) is 0.713. The molecule has 0 bridgehead atoms. The molecule has 1 aliphatic heterocycles. The third-order valence-corrected chi connectivity index (χ3v) is 2.20. The van der Waals surface area contributed by atoms with Gasteiger partial charge < -0.3 is 14.7 Å². The van der Waals surface area contributed by atoms with E-state index in [1.165, 1.54) is 0 Å². The Labute approximate surface area is 82.4 Å². The first-order valence-corrected chi connectivity index (χ1v) is 3.87. The smallest absolute Gasteiger partial charge is 0.471 e. The lowest BCUT2D eigenvalue weighted by Gasteiger charge is -2.45. The number of likely N-dealkylation sites (tertiary alicyclic amines) is 1. The van der Waals surface area contributed by atoms with E-state index in [0.29, 0.717) is 4.90 Å². The summed E-state index contributed by atoms with van der Waals surface area (Å²) in [6.07, 6.45) is -4.97. The zero-order valence-corrected chi connectivity index (χ0v) is 7.67. The fraction of sp³-hybridized carbons (Fsp3) is 0.714. The van der Waals surface area contributed by atoms with Crippen LogP contribution >= 0.6 is 0 Å². The number of hydrogen-bond acceptors (Lipinski definition) is 3. The van der Waals surface area contributed by atoms with E-state index in [4.69, 9.17) is 5.11 Å². The Morgan fingerprint density at radius 1 is 1.40 bits per heavy atom. The van der Waals surface area contributed by atoms with Gasteiger partial charge in [0.2, 0.25) is 0 Å². The number of methoxy groups -OCH3 is 1. The summed E-state index contributed by atoms with van der Waals surface area (Å²) in [5.41, 5.74) is -1.69. The molecule has 1 aliphatic rings. The molecule has 1 N–H and O–H groups in total. The average molecular weight is 227 g/mol. The van der Waals surface area contributed by atoms with E-state index < -0.39 is 36.7 Å². The maximum Gasteiger partial charge on any atom is 0.471 e. The summed E-state index contributed by atoms with van der Waals surface area (Å²) in [7, 11) is 1.07. The van der Waals surface area contributed by atoms with Crippen LogP contribution < -0.4 is 0 Å². The molecule has 1 heterocycles. The van der Waals surface area contributed by atoms with Crippen LogP contribution in [0.15, 0.2) is 0 Å². The van der Waals surface area contributed by atoms with Crippen LogP contribution in [0.25, 0.3) is 0 Å². The zero-order valence-electron chi connectivity index (χ0n) is 7.67. The third kappa shape index (κ3) is 1.89. The van der Waals surface area contributed by atoms with Crippen LogP contribution in [-0.4, -0.2) is 53.9 Å². The van der Waals surface area contributed by atoms with Crippen molar-refractivity contribution < 1.29 is 32.6 Å². The standard InChI is InChI=1S/C7H8F3NO4/c1-15-6(5(13)14)2-11(3-6)4(12)7(8,9)10/h2-3H2,1H3,(H,13,14). The van der Waals surface area contributed by atoms with E-state index in [1.807, 2.05) is 0 Å². The van der Waals surface area contributed by atoms with Crippen LogP contribution in [0.5, 0.6) is 0 Å². The van der Waals surface area contributed by atoms with Gasteiger partial charge in [-0.3, -0.25) is 4.79 Å². The van der Waals surface area contributed by atoms with Gasteiger partial charge >= 0.3 is 18.1 Å². The number of amides is 1. The fourth-order valence-corrected chi connectivity index (χ4v) is 1.24. The van der Waals surface area contributed by atoms with Crippen molar-refractivity contribution >= 4 is 11.9 Å². The average Bonchev–Trinajstić information content (AvgIpc) is 2.00. The van der Waals surface area contributed by atoms with Crippen molar-refractivity contribution in [3.05, 3.63) is 0 Å². The number of carboxylic acids is 1. The van der Waals surface area contributed by atoms with Gasteiger partial charge in [0.1, 0.15) is 0 Å². The lowest BCUT2D eigenvalue weighted by Crippen LogP contribution is -2.69. The number of carbonyl (C=O) groups is 2. The predicted molar refractivity (Wildman–Crippen MR) is 40.0 cm³/mol. The Morgan fingerprint density at radius 2 is 1.87 bits per heavy atom. The van der Waals surface area contributed by atoms with Gasteiger partial charge in [-0.15, -0.1) is 0 Å². The largest absolute Gasteiger partial charge is 0.479 e. The lowest BCUT2D eigenvalue weighted by molar-refractivity contribution is -0.212. The minimum Gasteiger partial charge on any atom is -0.479 e. The summed E-state index contributed by atoms with van der Waals surface area (Å²) in [4.78, 5) is 21.6. The number of hydrogen-bond donors (Lipinski definition) is 1. The fourth-order valence-electron chi connectivity index (χ4n) is 1.24. The SMILES string of the molecule is COC1(C(=O)O)CN(C(=O)C(F)(F)F)C1. The summed E-state index contributed by atoms with van der Waals surface area (Å²) in [5.74, 6) is -3.42. The molecule has 1 saturated heterocycles. The molecule has 15 heavy (non-hydrogen) atoms. The van der Waals surface area contributed by atoms with E-state index in [-0.39, 0.29) is 0 Å². The van der Waals surface area contributed by atoms with E-state index in [9.17, 15) is 22.8 Å². The van der Waals surface area contributed by atoms with Gasteiger partial charge in [0.05, 0.1) is 13.1 Å². The highest BCUT2D eigenvalue weighted by Gasteiger charge is 2.57. The molecule has 1 rings (SSSR count). The molecule has 1 amide bonds. The normalized spacial score (nSPS) is 19.6. The molecule has 0 aliphatic carbocycles. The van der Waals surface area contributed by atoms with Crippen LogP contribution in [0.3, 0.4) is 0 Å². The van der Waals surface area contributed by atoms with Gasteiger partial charge in [0.15, 0.2) is 5.60 Å². The second-order valence-electron chi connectivity index (χ2n) is 3.16. The van der Waals surface area contributed by atoms with Crippen molar-refractivity contribution in [2.45, 2.75) is 11.8 Å². The number of halogens is 3. The van der Waals surface area contributed by atoms with E-state index in [1.54, 1.807) is 0 Å². The summed E-state index contributed by atoms with van der Waals surface area (Å²) >= 11 is 0. The van der Waals surface area contributed by atoms with Crippen LogP contribution in [0.2, 0.25) is 0 Å². The molecular weight excluding hydrogens is 219 g/mol. The predicted octanol–water partition coefficient (Wildman–Crippen LogP) is -0.139. The van der Waals surface area contributed by atoms with Gasteiger partial charge in [-0.05, 0) is 0 Å². The van der Waals surface area contributed by atoms with Crippen LogP contribution in [0.1, 0.15) is 0 Å². The maximum atomic E-state index is 11.9. The summed E-state index contributed by atoms with van der Waals surface area (Å²) in [6.45, 7) is -1.17. The lowest BCUT2D eigenvalue weighted by atomic mass is 9.94. The summed E-state index contributed by atoms with van der Waals surface area (Å²) in [5, 5.41) is 8.64. The number of rotatable bonds is 2. The molecule has 0 aromatic heterocycles. The number of nitrogens with zero attached hydrogens (tertiary/aromatic N) is 1. The highest BCUT2D eigenvalue weighted by molar-refractivity contribution is 5.88.